The molecule has 1 atom stereocenters. The first kappa shape index (κ1) is 15.3. The predicted molar refractivity (Wildman–Crippen MR) is 86.5 cm³/mol. The van der Waals surface area contributed by atoms with Gasteiger partial charge in [0, 0.05) is 19.2 Å². The van der Waals surface area contributed by atoms with Gasteiger partial charge in [-0.2, -0.15) is 0 Å². The van der Waals surface area contributed by atoms with Crippen molar-refractivity contribution in [3.63, 3.8) is 0 Å². The smallest absolute Gasteiger partial charge is 0.260 e. The molecule has 5 heteroatoms. The van der Waals surface area contributed by atoms with Crippen molar-refractivity contribution in [2.45, 2.75) is 19.4 Å². The number of likely N-dealkylation sites (tertiary alicyclic amines) is 1. The summed E-state index contributed by atoms with van der Waals surface area (Å²) in [7, 11) is 0. The highest BCUT2D eigenvalue weighted by molar-refractivity contribution is 5.78. The number of amides is 1. The summed E-state index contributed by atoms with van der Waals surface area (Å²) in [6, 6.07) is 11.4. The van der Waals surface area contributed by atoms with Gasteiger partial charge in [-0.3, -0.25) is 9.78 Å². The van der Waals surface area contributed by atoms with E-state index in [1.54, 1.807) is 17.3 Å². The van der Waals surface area contributed by atoms with Gasteiger partial charge in [-0.15, -0.1) is 0 Å². The quantitative estimate of drug-likeness (QED) is 0.851. The van der Waals surface area contributed by atoms with Gasteiger partial charge in [-0.1, -0.05) is 17.7 Å². The molecule has 3 rings (SSSR count). The number of ether oxygens (including phenoxy) is 2. The van der Waals surface area contributed by atoms with E-state index in [0.717, 1.165) is 12.2 Å². The maximum atomic E-state index is 12.2. The molecule has 0 unspecified atom stereocenters. The van der Waals surface area contributed by atoms with E-state index in [4.69, 9.17) is 9.47 Å². The topological polar surface area (TPSA) is 51.7 Å². The Balaban J connectivity index is 1.46. The summed E-state index contributed by atoms with van der Waals surface area (Å²) in [5, 5.41) is 0. The zero-order valence-electron chi connectivity index (χ0n) is 13.1. The number of hydrogen-bond acceptors (Lipinski definition) is 4. The number of benzene rings is 1. The minimum absolute atomic E-state index is 0.0112. The van der Waals surface area contributed by atoms with Gasteiger partial charge in [0.15, 0.2) is 6.61 Å². The summed E-state index contributed by atoms with van der Waals surface area (Å²) in [6.07, 6.45) is 4.23. The molecule has 0 aliphatic carbocycles. The van der Waals surface area contributed by atoms with Crippen molar-refractivity contribution in [2.24, 2.45) is 0 Å². The van der Waals surface area contributed by atoms with Crippen LogP contribution in [0.3, 0.4) is 0 Å². The number of hydrogen-bond donors (Lipinski definition) is 0. The van der Waals surface area contributed by atoms with Crippen LogP contribution in [0.1, 0.15) is 12.0 Å². The average molecular weight is 312 g/mol. The Morgan fingerprint density at radius 2 is 2.09 bits per heavy atom. The Morgan fingerprint density at radius 3 is 2.83 bits per heavy atom. The van der Waals surface area contributed by atoms with E-state index >= 15 is 0 Å². The van der Waals surface area contributed by atoms with E-state index in [9.17, 15) is 4.79 Å². The Labute approximate surface area is 135 Å². The molecule has 0 spiro atoms. The first-order valence-corrected chi connectivity index (χ1v) is 7.74. The SMILES string of the molecule is Cc1ccc(OCC(=O)N2CC[C@@H](Oc3cccnc3)C2)cc1. The second kappa shape index (κ2) is 7.13. The van der Waals surface area contributed by atoms with Crippen LogP contribution >= 0.6 is 0 Å². The molecule has 2 heterocycles. The van der Waals surface area contributed by atoms with Crippen molar-refractivity contribution < 1.29 is 14.3 Å². The molecule has 1 aromatic carbocycles. The van der Waals surface area contributed by atoms with E-state index in [1.807, 2.05) is 43.3 Å². The van der Waals surface area contributed by atoms with Crippen LogP contribution < -0.4 is 9.47 Å². The second-order valence-corrected chi connectivity index (χ2v) is 5.66. The molecule has 5 nitrogen and oxygen atoms in total. The third kappa shape index (κ3) is 4.22. The normalized spacial score (nSPS) is 17.1. The highest BCUT2D eigenvalue weighted by Crippen LogP contribution is 2.18. The lowest BCUT2D eigenvalue weighted by molar-refractivity contribution is -0.132. The average Bonchev–Trinajstić information content (AvgIpc) is 3.03. The van der Waals surface area contributed by atoms with Gasteiger partial charge in [-0.05, 0) is 31.2 Å². The highest BCUT2D eigenvalue weighted by Gasteiger charge is 2.27. The molecular formula is C18H20N2O3. The number of aromatic nitrogens is 1. The molecule has 0 radical (unpaired) electrons. The first-order valence-electron chi connectivity index (χ1n) is 7.74. The second-order valence-electron chi connectivity index (χ2n) is 5.66. The lowest BCUT2D eigenvalue weighted by Crippen LogP contribution is -2.34. The van der Waals surface area contributed by atoms with E-state index in [-0.39, 0.29) is 18.6 Å². The zero-order valence-corrected chi connectivity index (χ0v) is 13.1. The number of rotatable bonds is 5. The summed E-state index contributed by atoms with van der Waals surface area (Å²) >= 11 is 0. The third-order valence-electron chi connectivity index (χ3n) is 3.82. The van der Waals surface area contributed by atoms with Crippen molar-refractivity contribution in [2.75, 3.05) is 19.7 Å². The molecule has 1 aliphatic rings. The molecule has 1 aromatic heterocycles. The minimum atomic E-state index is -0.0112. The van der Waals surface area contributed by atoms with Crippen molar-refractivity contribution in [3.8, 4) is 11.5 Å². The Morgan fingerprint density at radius 1 is 1.26 bits per heavy atom. The summed E-state index contributed by atoms with van der Waals surface area (Å²) < 4.78 is 11.4. The van der Waals surface area contributed by atoms with E-state index in [1.165, 1.54) is 5.56 Å². The molecule has 2 aromatic rings. The summed E-state index contributed by atoms with van der Waals surface area (Å²) in [4.78, 5) is 18.0. The van der Waals surface area contributed by atoms with Gasteiger partial charge in [0.05, 0.1) is 12.7 Å². The van der Waals surface area contributed by atoms with Crippen LogP contribution in [0.25, 0.3) is 0 Å². The minimum Gasteiger partial charge on any atom is -0.487 e. The number of carbonyl (C=O) groups excluding carboxylic acids is 1. The van der Waals surface area contributed by atoms with E-state index in [2.05, 4.69) is 4.98 Å². The van der Waals surface area contributed by atoms with E-state index in [0.29, 0.717) is 18.8 Å². The lowest BCUT2D eigenvalue weighted by Gasteiger charge is -2.17. The predicted octanol–water partition coefficient (Wildman–Crippen LogP) is 2.45. The molecule has 0 saturated carbocycles. The molecule has 0 bridgehead atoms. The molecule has 23 heavy (non-hydrogen) atoms. The van der Waals surface area contributed by atoms with Crippen LogP contribution in [0.15, 0.2) is 48.8 Å². The largest absolute Gasteiger partial charge is 0.487 e. The number of nitrogens with zero attached hydrogens (tertiary/aromatic N) is 2. The van der Waals surface area contributed by atoms with Crippen LogP contribution in [0.2, 0.25) is 0 Å². The molecule has 120 valence electrons. The van der Waals surface area contributed by atoms with Crippen LogP contribution in [-0.4, -0.2) is 41.6 Å². The van der Waals surface area contributed by atoms with Gasteiger partial charge in [0.25, 0.3) is 5.91 Å². The van der Waals surface area contributed by atoms with Crippen LogP contribution in [0, 0.1) is 6.92 Å². The van der Waals surface area contributed by atoms with Crippen molar-refractivity contribution >= 4 is 5.91 Å². The Bertz CT molecular complexity index is 643. The Hall–Kier alpha value is -2.56. The summed E-state index contributed by atoms with van der Waals surface area (Å²) in [5.74, 6) is 1.44. The number of aryl methyl sites for hydroxylation is 1. The van der Waals surface area contributed by atoms with Crippen molar-refractivity contribution in [1.82, 2.24) is 9.88 Å². The fourth-order valence-electron chi connectivity index (χ4n) is 2.53. The molecule has 1 amide bonds. The fraction of sp³-hybridized carbons (Fsp3) is 0.333. The standard InChI is InChI=1S/C18H20N2O3/c1-14-4-6-15(7-5-14)22-13-18(21)20-10-8-17(12-20)23-16-3-2-9-19-11-16/h2-7,9,11,17H,8,10,12-13H2,1H3/t17-/m1/s1. The van der Waals surface area contributed by atoms with Gasteiger partial charge < -0.3 is 14.4 Å². The maximum absolute atomic E-state index is 12.2. The van der Waals surface area contributed by atoms with Crippen molar-refractivity contribution in [1.29, 1.82) is 0 Å². The van der Waals surface area contributed by atoms with Gasteiger partial charge in [0.1, 0.15) is 17.6 Å². The van der Waals surface area contributed by atoms with Gasteiger partial charge in [0.2, 0.25) is 0 Å². The number of carbonyl (C=O) groups is 1. The third-order valence-corrected chi connectivity index (χ3v) is 3.82. The molecule has 1 saturated heterocycles. The zero-order chi connectivity index (χ0) is 16.1. The summed E-state index contributed by atoms with van der Waals surface area (Å²) in [5.41, 5.74) is 1.17. The monoisotopic (exact) mass is 312 g/mol. The van der Waals surface area contributed by atoms with Crippen LogP contribution in [-0.2, 0) is 4.79 Å². The lowest BCUT2D eigenvalue weighted by atomic mass is 10.2. The molecule has 1 fully saturated rings. The van der Waals surface area contributed by atoms with Crippen LogP contribution in [0.5, 0.6) is 11.5 Å². The Kier molecular flexibility index (Phi) is 4.76. The fourth-order valence-corrected chi connectivity index (χ4v) is 2.53. The molecular weight excluding hydrogens is 292 g/mol. The molecule has 0 N–H and O–H groups in total. The van der Waals surface area contributed by atoms with Gasteiger partial charge >= 0.3 is 0 Å². The van der Waals surface area contributed by atoms with E-state index < -0.39 is 0 Å². The van der Waals surface area contributed by atoms with Gasteiger partial charge in [-0.25, -0.2) is 0 Å². The highest BCUT2D eigenvalue weighted by atomic mass is 16.5. The maximum Gasteiger partial charge on any atom is 0.260 e. The molecule has 1 aliphatic heterocycles. The van der Waals surface area contributed by atoms with Crippen molar-refractivity contribution in [3.05, 3.63) is 54.4 Å². The first-order chi connectivity index (χ1) is 11.2. The number of pyridine rings is 1. The van der Waals surface area contributed by atoms with Crippen LogP contribution in [0.4, 0.5) is 0 Å². The summed E-state index contributed by atoms with van der Waals surface area (Å²) in [6.45, 7) is 3.36.